The van der Waals surface area contributed by atoms with E-state index >= 15 is 0 Å². The molecule has 10 nitrogen and oxygen atoms in total. The van der Waals surface area contributed by atoms with Gasteiger partial charge in [0.15, 0.2) is 6.10 Å². The predicted molar refractivity (Wildman–Crippen MR) is 113 cm³/mol. The monoisotopic (exact) mass is 498 g/mol. The van der Waals surface area contributed by atoms with Gasteiger partial charge in [0.2, 0.25) is 0 Å². The number of aliphatic hydroxyl groups is 1. The molecule has 0 heterocycles. The third-order valence-corrected chi connectivity index (χ3v) is 4.99. The Morgan fingerprint density at radius 2 is 1.60 bits per heavy atom. The van der Waals surface area contributed by atoms with Gasteiger partial charge in [-0.25, -0.2) is 4.79 Å². The number of nitrogens with zero attached hydrogens (tertiary/aromatic N) is 1. The SMILES string of the molecule is CCOC(=O)C[C@H](c1ccc([N+](=O)[O-])cc1)[C@H](NC(=O)[C@@H](O)c1ccc(C(F)(F)F)cc1)C(=O)O. The molecule has 2 aromatic carbocycles. The van der Waals surface area contributed by atoms with Crippen LogP contribution in [0.15, 0.2) is 48.5 Å². The van der Waals surface area contributed by atoms with E-state index in [-0.39, 0.29) is 23.4 Å². The summed E-state index contributed by atoms with van der Waals surface area (Å²) in [6.45, 7) is 1.51. The van der Waals surface area contributed by atoms with Crippen LogP contribution in [0.25, 0.3) is 0 Å². The van der Waals surface area contributed by atoms with Crippen LogP contribution < -0.4 is 5.32 Å². The number of benzene rings is 2. The standard InChI is InChI=1S/C22H21F3N2O8/c1-2-35-17(28)11-16(12-5-9-15(10-6-12)27(33)34)18(21(31)32)26-20(30)19(29)13-3-7-14(8-4-13)22(23,24)25/h3-10,16,18-19,29H,2,11H2,1H3,(H,26,30)(H,31,32)/t16-,18+,19+/m1/s1. The number of rotatable bonds is 10. The Hall–Kier alpha value is -4.00. The van der Waals surface area contributed by atoms with Crippen molar-refractivity contribution in [3.05, 3.63) is 75.3 Å². The van der Waals surface area contributed by atoms with E-state index in [1.54, 1.807) is 0 Å². The minimum Gasteiger partial charge on any atom is -0.480 e. The molecule has 3 atom stereocenters. The summed E-state index contributed by atoms with van der Waals surface area (Å²) in [5.41, 5.74) is -1.38. The Morgan fingerprint density at radius 3 is 2.06 bits per heavy atom. The maximum Gasteiger partial charge on any atom is 0.416 e. The number of amides is 1. The Morgan fingerprint density at radius 1 is 1.06 bits per heavy atom. The number of hydrogen-bond donors (Lipinski definition) is 3. The molecule has 0 aliphatic carbocycles. The van der Waals surface area contributed by atoms with Gasteiger partial charge < -0.3 is 20.3 Å². The average Bonchev–Trinajstić information content (AvgIpc) is 2.80. The van der Waals surface area contributed by atoms with Gasteiger partial charge in [-0.05, 0) is 30.2 Å². The van der Waals surface area contributed by atoms with Gasteiger partial charge in [0.1, 0.15) is 6.04 Å². The Labute approximate surface area is 196 Å². The van der Waals surface area contributed by atoms with Crippen molar-refractivity contribution in [3.63, 3.8) is 0 Å². The van der Waals surface area contributed by atoms with Crippen molar-refractivity contribution in [1.29, 1.82) is 0 Å². The van der Waals surface area contributed by atoms with E-state index in [1.165, 1.54) is 19.1 Å². The number of nitrogens with one attached hydrogen (secondary N) is 1. The summed E-state index contributed by atoms with van der Waals surface area (Å²) in [6, 6.07) is 5.87. The molecule has 0 fully saturated rings. The second kappa shape index (κ2) is 11.4. The second-order valence-electron chi connectivity index (χ2n) is 7.31. The van der Waals surface area contributed by atoms with Crippen molar-refractivity contribution in [2.45, 2.75) is 37.6 Å². The molecule has 3 N–H and O–H groups in total. The number of carbonyl (C=O) groups is 3. The highest BCUT2D eigenvalue weighted by molar-refractivity contribution is 5.88. The molecule has 2 rings (SSSR count). The summed E-state index contributed by atoms with van der Waals surface area (Å²) in [5.74, 6) is -4.89. The van der Waals surface area contributed by atoms with Crippen LogP contribution in [0, 0.1) is 10.1 Å². The first kappa shape index (κ1) is 27.2. The van der Waals surface area contributed by atoms with E-state index in [2.05, 4.69) is 5.32 Å². The van der Waals surface area contributed by atoms with Crippen LogP contribution >= 0.6 is 0 Å². The predicted octanol–water partition coefficient (Wildman–Crippen LogP) is 2.95. The zero-order valence-electron chi connectivity index (χ0n) is 18.2. The van der Waals surface area contributed by atoms with E-state index in [1.807, 2.05) is 0 Å². The van der Waals surface area contributed by atoms with E-state index in [4.69, 9.17) is 4.74 Å². The van der Waals surface area contributed by atoms with Crippen molar-refractivity contribution < 1.29 is 47.4 Å². The number of alkyl halides is 3. The number of halogens is 3. The number of aliphatic hydroxyl groups excluding tert-OH is 1. The smallest absolute Gasteiger partial charge is 0.416 e. The number of esters is 1. The van der Waals surface area contributed by atoms with E-state index < -0.39 is 59.0 Å². The van der Waals surface area contributed by atoms with E-state index in [0.29, 0.717) is 12.1 Å². The summed E-state index contributed by atoms with van der Waals surface area (Å²) in [5, 5.41) is 33.0. The summed E-state index contributed by atoms with van der Waals surface area (Å²) in [6.07, 6.45) is -7.18. The molecular formula is C22H21F3N2O8. The first-order valence-corrected chi connectivity index (χ1v) is 10.1. The lowest BCUT2D eigenvalue weighted by Crippen LogP contribution is -2.47. The quantitative estimate of drug-likeness (QED) is 0.256. The topological polar surface area (TPSA) is 156 Å². The number of nitro benzene ring substituents is 1. The molecule has 0 saturated heterocycles. The minimum atomic E-state index is -4.63. The minimum absolute atomic E-state index is 0.0114. The maximum atomic E-state index is 12.7. The maximum absolute atomic E-state index is 12.7. The molecule has 0 radical (unpaired) electrons. The fourth-order valence-corrected chi connectivity index (χ4v) is 3.24. The lowest BCUT2D eigenvalue weighted by molar-refractivity contribution is -0.384. The molecule has 0 saturated carbocycles. The van der Waals surface area contributed by atoms with E-state index in [0.717, 1.165) is 24.3 Å². The summed E-state index contributed by atoms with van der Waals surface area (Å²) in [4.78, 5) is 46.9. The van der Waals surface area contributed by atoms with Crippen molar-refractivity contribution in [3.8, 4) is 0 Å². The number of carboxylic acids is 1. The molecular weight excluding hydrogens is 477 g/mol. The molecule has 35 heavy (non-hydrogen) atoms. The Balaban J connectivity index is 2.33. The van der Waals surface area contributed by atoms with Crippen molar-refractivity contribution in [1.82, 2.24) is 5.32 Å². The fourth-order valence-electron chi connectivity index (χ4n) is 3.24. The zero-order chi connectivity index (χ0) is 26.3. The lowest BCUT2D eigenvalue weighted by Gasteiger charge is -2.26. The highest BCUT2D eigenvalue weighted by atomic mass is 19.4. The van der Waals surface area contributed by atoms with Crippen LogP contribution in [0.2, 0.25) is 0 Å². The first-order chi connectivity index (χ1) is 16.3. The van der Waals surface area contributed by atoms with Gasteiger partial charge in [0.25, 0.3) is 11.6 Å². The Bertz CT molecular complexity index is 1070. The van der Waals surface area contributed by atoms with E-state index in [9.17, 15) is 47.9 Å². The normalized spacial score (nSPS) is 13.9. The number of non-ortho nitro benzene ring substituents is 1. The van der Waals surface area contributed by atoms with Crippen LogP contribution in [0.5, 0.6) is 0 Å². The first-order valence-electron chi connectivity index (χ1n) is 10.1. The molecule has 0 aliphatic rings. The molecule has 0 aromatic heterocycles. The summed E-state index contributed by atoms with van der Waals surface area (Å²) in [7, 11) is 0. The number of aliphatic carboxylic acids is 1. The molecule has 1 amide bonds. The van der Waals surface area contributed by atoms with Crippen LogP contribution in [-0.2, 0) is 25.3 Å². The van der Waals surface area contributed by atoms with Crippen LogP contribution in [0.1, 0.15) is 42.1 Å². The number of ether oxygens (including phenoxy) is 1. The molecule has 0 bridgehead atoms. The molecule has 188 valence electrons. The molecule has 2 aromatic rings. The van der Waals surface area contributed by atoms with Crippen LogP contribution in [0.3, 0.4) is 0 Å². The third-order valence-electron chi connectivity index (χ3n) is 4.99. The van der Waals surface area contributed by atoms with Gasteiger partial charge >= 0.3 is 18.1 Å². The molecule has 0 aliphatic heterocycles. The third kappa shape index (κ3) is 7.24. The zero-order valence-corrected chi connectivity index (χ0v) is 18.2. The van der Waals surface area contributed by atoms with Gasteiger partial charge in [0, 0.05) is 18.1 Å². The van der Waals surface area contributed by atoms with Crippen LogP contribution in [-0.4, -0.2) is 45.6 Å². The van der Waals surface area contributed by atoms with Gasteiger partial charge in [-0.1, -0.05) is 24.3 Å². The average molecular weight is 498 g/mol. The second-order valence-corrected chi connectivity index (χ2v) is 7.31. The molecule has 0 spiro atoms. The van der Waals surface area contributed by atoms with Gasteiger partial charge in [-0.3, -0.25) is 19.7 Å². The molecule has 13 heteroatoms. The largest absolute Gasteiger partial charge is 0.480 e. The number of hydrogen-bond acceptors (Lipinski definition) is 7. The molecule has 0 unspecified atom stereocenters. The van der Waals surface area contributed by atoms with Crippen molar-refractivity contribution in [2.24, 2.45) is 0 Å². The summed E-state index contributed by atoms with van der Waals surface area (Å²) < 4.78 is 43.1. The van der Waals surface area contributed by atoms with Crippen LogP contribution in [0.4, 0.5) is 18.9 Å². The Kier molecular flexibility index (Phi) is 8.89. The van der Waals surface area contributed by atoms with Crippen molar-refractivity contribution >= 4 is 23.5 Å². The lowest BCUT2D eigenvalue weighted by atomic mass is 9.88. The highest BCUT2D eigenvalue weighted by Crippen LogP contribution is 2.31. The number of nitro groups is 1. The van der Waals surface area contributed by atoms with Gasteiger partial charge in [-0.15, -0.1) is 0 Å². The van der Waals surface area contributed by atoms with Gasteiger partial charge in [0.05, 0.1) is 23.5 Å². The van der Waals surface area contributed by atoms with Gasteiger partial charge in [-0.2, -0.15) is 13.2 Å². The fraction of sp³-hybridized carbons (Fsp3) is 0.318. The van der Waals surface area contributed by atoms with Crippen molar-refractivity contribution in [2.75, 3.05) is 6.61 Å². The summed E-state index contributed by atoms with van der Waals surface area (Å²) >= 11 is 0. The number of carbonyl (C=O) groups excluding carboxylic acids is 2. The highest BCUT2D eigenvalue weighted by Gasteiger charge is 2.35. The number of carboxylic acid groups (broad SMARTS) is 1.